The molecule has 0 aliphatic rings. The molecule has 1 aromatic heterocycles. The number of carbonyl (C=O) groups is 1. The van der Waals surface area contributed by atoms with Gasteiger partial charge in [0.25, 0.3) is 0 Å². The first-order chi connectivity index (χ1) is 6.59. The van der Waals surface area contributed by atoms with Crippen molar-refractivity contribution >= 4 is 30.2 Å². The summed E-state index contributed by atoms with van der Waals surface area (Å²) >= 11 is 0. The molecule has 0 amide bonds. The van der Waals surface area contributed by atoms with Crippen molar-refractivity contribution in [3.8, 4) is 0 Å². The molecule has 0 atom stereocenters. The van der Waals surface area contributed by atoms with E-state index in [0.717, 1.165) is 21.9 Å². The van der Waals surface area contributed by atoms with Gasteiger partial charge in [-0.05, 0) is 18.6 Å². The van der Waals surface area contributed by atoms with E-state index in [9.17, 15) is 4.79 Å². The third kappa shape index (κ3) is 1.19. The van der Waals surface area contributed by atoms with E-state index in [0.29, 0.717) is 0 Å². The number of hydrogen-bond acceptors (Lipinski definition) is 1. The minimum atomic E-state index is -0.906. The summed E-state index contributed by atoms with van der Waals surface area (Å²) in [5, 5.41) is 9.89. The Balaban J connectivity index is 2.80. The van der Waals surface area contributed by atoms with Crippen molar-refractivity contribution in [1.82, 2.24) is 4.98 Å². The lowest BCUT2D eigenvalue weighted by Gasteiger charge is -1.93. The number of benzene rings is 1. The van der Waals surface area contributed by atoms with Gasteiger partial charge in [-0.25, -0.2) is 4.79 Å². The lowest BCUT2D eigenvalue weighted by atomic mass is 9.94. The van der Waals surface area contributed by atoms with Gasteiger partial charge in [0.1, 0.15) is 13.5 Å². The fraction of sp³-hybridized carbons (Fsp3) is 0.100. The standard InChI is InChI=1S/C10H10BNO2/c1-5-7-4-6(11)2-3-8(7)12-9(5)10(13)14/h2-4,12H,11H2,1H3,(H,13,14). The van der Waals surface area contributed by atoms with Crippen LogP contribution in [0.3, 0.4) is 0 Å². The summed E-state index contributed by atoms with van der Waals surface area (Å²) < 4.78 is 0. The van der Waals surface area contributed by atoms with Crippen molar-refractivity contribution in [2.75, 3.05) is 0 Å². The van der Waals surface area contributed by atoms with Gasteiger partial charge in [0.15, 0.2) is 0 Å². The minimum absolute atomic E-state index is 0.283. The second-order valence-electron chi connectivity index (χ2n) is 3.48. The third-order valence-electron chi connectivity index (χ3n) is 2.43. The Kier molecular flexibility index (Phi) is 1.84. The Hall–Kier alpha value is -1.71. The molecule has 0 aliphatic carbocycles. The molecule has 4 heteroatoms. The number of aromatic carboxylic acids is 1. The number of hydrogen-bond donors (Lipinski definition) is 2. The molecule has 0 fully saturated rings. The van der Waals surface area contributed by atoms with E-state index in [1.807, 2.05) is 33.0 Å². The van der Waals surface area contributed by atoms with Gasteiger partial charge in [-0.15, -0.1) is 0 Å². The molecule has 14 heavy (non-hydrogen) atoms. The Labute approximate surface area is 82.2 Å². The Morgan fingerprint density at radius 3 is 2.86 bits per heavy atom. The molecule has 2 aromatic rings. The molecule has 0 unspecified atom stereocenters. The molecule has 1 heterocycles. The van der Waals surface area contributed by atoms with Crippen molar-refractivity contribution in [3.63, 3.8) is 0 Å². The van der Waals surface area contributed by atoms with E-state index < -0.39 is 5.97 Å². The highest BCUT2D eigenvalue weighted by Crippen LogP contribution is 2.20. The molecule has 2 rings (SSSR count). The van der Waals surface area contributed by atoms with Crippen LogP contribution in [0.4, 0.5) is 0 Å². The molecule has 3 nitrogen and oxygen atoms in total. The number of rotatable bonds is 1. The summed E-state index contributed by atoms with van der Waals surface area (Å²) in [6, 6.07) is 5.86. The first-order valence-corrected chi connectivity index (χ1v) is 4.42. The number of aryl methyl sites for hydroxylation is 1. The molecule has 0 aliphatic heterocycles. The Morgan fingerprint density at radius 2 is 2.21 bits per heavy atom. The van der Waals surface area contributed by atoms with Gasteiger partial charge in [-0.2, -0.15) is 0 Å². The van der Waals surface area contributed by atoms with Gasteiger partial charge in [0, 0.05) is 10.9 Å². The summed E-state index contributed by atoms with van der Waals surface area (Å²) in [4.78, 5) is 13.7. The average Bonchev–Trinajstić information content (AvgIpc) is 2.44. The largest absolute Gasteiger partial charge is 0.477 e. The van der Waals surface area contributed by atoms with Crippen LogP contribution in [0.5, 0.6) is 0 Å². The number of fused-ring (bicyclic) bond motifs is 1. The SMILES string of the molecule is Bc1ccc2[nH]c(C(=O)O)c(C)c2c1. The smallest absolute Gasteiger partial charge is 0.352 e. The van der Waals surface area contributed by atoms with Crippen LogP contribution < -0.4 is 5.46 Å². The van der Waals surface area contributed by atoms with Crippen molar-refractivity contribution in [2.24, 2.45) is 0 Å². The van der Waals surface area contributed by atoms with Gasteiger partial charge >= 0.3 is 5.97 Å². The van der Waals surface area contributed by atoms with Gasteiger partial charge in [0.05, 0.1) is 0 Å². The van der Waals surface area contributed by atoms with E-state index in [1.165, 1.54) is 0 Å². The van der Waals surface area contributed by atoms with E-state index in [1.54, 1.807) is 0 Å². The maximum Gasteiger partial charge on any atom is 0.352 e. The molecule has 1 aromatic carbocycles. The summed E-state index contributed by atoms with van der Waals surface area (Å²) in [7, 11) is 1.99. The van der Waals surface area contributed by atoms with E-state index in [2.05, 4.69) is 4.98 Å². The maximum atomic E-state index is 10.8. The second-order valence-corrected chi connectivity index (χ2v) is 3.48. The first-order valence-electron chi connectivity index (χ1n) is 4.42. The monoisotopic (exact) mass is 187 g/mol. The van der Waals surface area contributed by atoms with Crippen LogP contribution in [0.25, 0.3) is 10.9 Å². The number of carboxylic acids is 1. The zero-order valence-electron chi connectivity index (χ0n) is 8.09. The highest BCUT2D eigenvalue weighted by molar-refractivity contribution is 6.33. The molecule has 2 N–H and O–H groups in total. The van der Waals surface area contributed by atoms with Gasteiger partial charge < -0.3 is 10.1 Å². The van der Waals surface area contributed by atoms with Crippen LogP contribution in [0.2, 0.25) is 0 Å². The molecule has 70 valence electrons. The summed E-state index contributed by atoms with van der Waals surface area (Å²) in [5.74, 6) is -0.906. The highest BCUT2D eigenvalue weighted by Gasteiger charge is 2.12. The topological polar surface area (TPSA) is 53.1 Å². The summed E-state index contributed by atoms with van der Waals surface area (Å²) in [5.41, 5.74) is 3.10. The lowest BCUT2D eigenvalue weighted by molar-refractivity contribution is 0.0691. The van der Waals surface area contributed by atoms with Crippen molar-refractivity contribution < 1.29 is 9.90 Å². The van der Waals surface area contributed by atoms with E-state index in [-0.39, 0.29) is 5.69 Å². The number of carboxylic acid groups (broad SMARTS) is 1. The summed E-state index contributed by atoms with van der Waals surface area (Å²) in [6.07, 6.45) is 0. The third-order valence-corrected chi connectivity index (χ3v) is 2.43. The van der Waals surface area contributed by atoms with Crippen LogP contribution >= 0.6 is 0 Å². The molecule has 0 saturated carbocycles. The van der Waals surface area contributed by atoms with Gasteiger partial charge in [-0.3, -0.25) is 0 Å². The van der Waals surface area contributed by atoms with Crippen LogP contribution in [0.15, 0.2) is 18.2 Å². The van der Waals surface area contributed by atoms with Crippen molar-refractivity contribution in [3.05, 3.63) is 29.5 Å². The quantitative estimate of drug-likeness (QED) is 0.636. The predicted molar refractivity (Wildman–Crippen MR) is 58.2 cm³/mol. The van der Waals surface area contributed by atoms with Gasteiger partial charge in [0.2, 0.25) is 0 Å². The average molecular weight is 187 g/mol. The molecule has 0 spiro atoms. The normalized spacial score (nSPS) is 10.6. The number of aromatic amines is 1. The fourth-order valence-corrected chi connectivity index (χ4v) is 1.65. The van der Waals surface area contributed by atoms with Crippen LogP contribution in [-0.4, -0.2) is 23.9 Å². The number of nitrogens with one attached hydrogen (secondary N) is 1. The lowest BCUT2D eigenvalue weighted by Crippen LogP contribution is -1.99. The van der Waals surface area contributed by atoms with Crippen LogP contribution in [-0.2, 0) is 0 Å². The molecule has 0 bridgehead atoms. The molecule has 0 radical (unpaired) electrons. The first kappa shape index (κ1) is 8.87. The molecule has 0 saturated heterocycles. The van der Waals surface area contributed by atoms with Crippen LogP contribution in [0.1, 0.15) is 16.1 Å². The minimum Gasteiger partial charge on any atom is -0.477 e. The number of aromatic nitrogens is 1. The fourth-order valence-electron chi connectivity index (χ4n) is 1.65. The van der Waals surface area contributed by atoms with E-state index >= 15 is 0 Å². The highest BCUT2D eigenvalue weighted by atomic mass is 16.4. The number of H-pyrrole nitrogens is 1. The van der Waals surface area contributed by atoms with Gasteiger partial charge in [-0.1, -0.05) is 17.6 Å². The predicted octanol–water partition coefficient (Wildman–Crippen LogP) is 0.433. The Bertz CT molecular complexity index is 516. The zero-order valence-corrected chi connectivity index (χ0v) is 8.09. The molecular weight excluding hydrogens is 177 g/mol. The zero-order chi connectivity index (χ0) is 10.3. The van der Waals surface area contributed by atoms with Crippen molar-refractivity contribution in [1.29, 1.82) is 0 Å². The summed E-state index contributed by atoms with van der Waals surface area (Å²) in [6.45, 7) is 1.82. The Morgan fingerprint density at radius 1 is 1.50 bits per heavy atom. The van der Waals surface area contributed by atoms with E-state index in [4.69, 9.17) is 5.11 Å². The maximum absolute atomic E-state index is 10.8. The molecular formula is C10H10BNO2. The van der Waals surface area contributed by atoms with Crippen molar-refractivity contribution in [2.45, 2.75) is 6.92 Å². The second kappa shape index (κ2) is 2.91. The van der Waals surface area contributed by atoms with Crippen LogP contribution in [0, 0.1) is 6.92 Å².